The third-order valence-corrected chi connectivity index (χ3v) is 5.93. The molecule has 0 saturated heterocycles. The zero-order chi connectivity index (χ0) is 23.2. The van der Waals surface area contributed by atoms with Crippen molar-refractivity contribution in [2.24, 2.45) is 11.7 Å². The van der Waals surface area contributed by atoms with Crippen LogP contribution in [-0.4, -0.2) is 40.0 Å². The summed E-state index contributed by atoms with van der Waals surface area (Å²) in [5, 5.41) is 18.2. The second-order valence-corrected chi connectivity index (χ2v) is 8.44. The largest absolute Gasteiger partial charge is 0.506 e. The SMILES string of the molecule is COc1c(OC[C@H](N)C(C)C)c(C)c(F)c2c(-c3ccc(O)c(Cl)c3)nc3[nH]ncc3c12. The summed E-state index contributed by atoms with van der Waals surface area (Å²) in [4.78, 5) is 4.59. The van der Waals surface area contributed by atoms with Crippen molar-refractivity contribution in [2.45, 2.75) is 26.8 Å². The maximum absolute atomic E-state index is 15.9. The van der Waals surface area contributed by atoms with Gasteiger partial charge in [0.1, 0.15) is 18.2 Å². The van der Waals surface area contributed by atoms with Gasteiger partial charge in [-0.15, -0.1) is 0 Å². The molecule has 4 aromatic rings. The van der Waals surface area contributed by atoms with Gasteiger partial charge >= 0.3 is 0 Å². The van der Waals surface area contributed by atoms with Crippen LogP contribution in [0.15, 0.2) is 24.4 Å². The van der Waals surface area contributed by atoms with Crippen molar-refractivity contribution in [3.8, 4) is 28.5 Å². The van der Waals surface area contributed by atoms with E-state index in [-0.39, 0.29) is 46.0 Å². The fourth-order valence-electron chi connectivity index (χ4n) is 3.59. The number of benzene rings is 2. The number of halogens is 2. The summed E-state index contributed by atoms with van der Waals surface area (Å²) in [6, 6.07) is 4.38. The number of hydrogen-bond acceptors (Lipinski definition) is 6. The molecule has 32 heavy (non-hydrogen) atoms. The van der Waals surface area contributed by atoms with Crippen LogP contribution in [0.1, 0.15) is 19.4 Å². The molecule has 0 saturated carbocycles. The number of ether oxygens (including phenoxy) is 2. The molecule has 2 aromatic carbocycles. The average molecular weight is 459 g/mol. The summed E-state index contributed by atoms with van der Waals surface area (Å²) >= 11 is 6.11. The molecule has 2 heterocycles. The molecule has 2 aromatic heterocycles. The van der Waals surface area contributed by atoms with E-state index in [9.17, 15) is 5.11 Å². The Kier molecular flexibility index (Phi) is 5.83. The number of aromatic nitrogens is 3. The monoisotopic (exact) mass is 458 g/mol. The highest BCUT2D eigenvalue weighted by Crippen LogP contribution is 2.46. The van der Waals surface area contributed by atoms with Gasteiger partial charge in [-0.25, -0.2) is 9.37 Å². The van der Waals surface area contributed by atoms with E-state index in [0.29, 0.717) is 33.4 Å². The summed E-state index contributed by atoms with van der Waals surface area (Å²) in [5.41, 5.74) is 7.73. The fraction of sp³-hybridized carbons (Fsp3) is 0.304. The molecule has 0 aliphatic carbocycles. The van der Waals surface area contributed by atoms with Crippen LogP contribution in [0.25, 0.3) is 33.1 Å². The molecule has 7 nitrogen and oxygen atoms in total. The molecular formula is C23H24ClFN4O3. The first-order chi connectivity index (χ1) is 15.2. The molecule has 4 N–H and O–H groups in total. The van der Waals surface area contributed by atoms with Gasteiger partial charge in [0.25, 0.3) is 0 Å². The summed E-state index contributed by atoms with van der Waals surface area (Å²) in [5.74, 6) is 0.284. The fourth-order valence-corrected chi connectivity index (χ4v) is 3.77. The second-order valence-electron chi connectivity index (χ2n) is 8.03. The second kappa shape index (κ2) is 8.44. The molecule has 0 aliphatic heterocycles. The van der Waals surface area contributed by atoms with Gasteiger partial charge in [-0.1, -0.05) is 25.4 Å². The van der Waals surface area contributed by atoms with Crippen LogP contribution in [-0.2, 0) is 0 Å². The Hall–Kier alpha value is -3.10. The van der Waals surface area contributed by atoms with Crippen molar-refractivity contribution in [3.63, 3.8) is 0 Å². The van der Waals surface area contributed by atoms with Gasteiger partial charge in [0.05, 0.1) is 29.4 Å². The number of hydrogen-bond donors (Lipinski definition) is 3. The van der Waals surface area contributed by atoms with Crippen molar-refractivity contribution in [1.29, 1.82) is 0 Å². The number of fused-ring (bicyclic) bond motifs is 3. The van der Waals surface area contributed by atoms with E-state index in [2.05, 4.69) is 15.2 Å². The van der Waals surface area contributed by atoms with Crippen LogP contribution in [0.2, 0.25) is 5.02 Å². The number of phenolic OH excluding ortho intramolecular Hbond substituents is 1. The molecule has 9 heteroatoms. The topological polar surface area (TPSA) is 106 Å². The van der Waals surface area contributed by atoms with Crippen molar-refractivity contribution in [2.75, 3.05) is 13.7 Å². The minimum Gasteiger partial charge on any atom is -0.506 e. The highest BCUT2D eigenvalue weighted by atomic mass is 35.5. The molecule has 0 amide bonds. The maximum Gasteiger partial charge on any atom is 0.169 e. The van der Waals surface area contributed by atoms with E-state index in [4.69, 9.17) is 26.8 Å². The van der Waals surface area contributed by atoms with Gasteiger partial charge in [0.2, 0.25) is 0 Å². The quantitative estimate of drug-likeness (QED) is 0.377. The Morgan fingerprint density at radius 3 is 2.66 bits per heavy atom. The maximum atomic E-state index is 15.9. The Balaban J connectivity index is 2.05. The van der Waals surface area contributed by atoms with E-state index in [1.807, 2.05) is 13.8 Å². The molecule has 0 fully saturated rings. The molecule has 0 spiro atoms. The number of pyridine rings is 1. The Labute approximate surface area is 189 Å². The summed E-state index contributed by atoms with van der Waals surface area (Å²) in [6.07, 6.45) is 1.57. The molecule has 4 rings (SSSR count). The highest BCUT2D eigenvalue weighted by Gasteiger charge is 2.26. The molecule has 0 radical (unpaired) electrons. The number of nitrogens with zero attached hydrogens (tertiary/aromatic N) is 2. The van der Waals surface area contributed by atoms with Crippen molar-refractivity contribution in [3.05, 3.63) is 40.8 Å². The van der Waals surface area contributed by atoms with Crippen LogP contribution >= 0.6 is 11.6 Å². The van der Waals surface area contributed by atoms with Gasteiger partial charge in [-0.2, -0.15) is 5.10 Å². The van der Waals surface area contributed by atoms with Crippen molar-refractivity contribution < 1.29 is 19.0 Å². The number of nitrogens with one attached hydrogen (secondary N) is 1. The molecule has 168 valence electrons. The lowest BCUT2D eigenvalue weighted by atomic mass is 9.97. The lowest BCUT2D eigenvalue weighted by molar-refractivity contribution is 0.246. The molecule has 0 bridgehead atoms. The number of nitrogens with two attached hydrogens (primary N) is 1. The van der Waals surface area contributed by atoms with Gasteiger partial charge < -0.3 is 20.3 Å². The minimum absolute atomic E-state index is 0.0752. The number of aromatic amines is 1. The van der Waals surface area contributed by atoms with Gasteiger partial charge in [0, 0.05) is 27.9 Å². The number of phenols is 1. The van der Waals surface area contributed by atoms with Crippen molar-refractivity contribution in [1.82, 2.24) is 15.2 Å². The van der Waals surface area contributed by atoms with Crippen LogP contribution in [0.4, 0.5) is 4.39 Å². The predicted octanol–water partition coefficient (Wildman–Crippen LogP) is 4.96. The number of H-pyrrole nitrogens is 1. The molecule has 0 aliphatic rings. The number of aromatic hydroxyl groups is 1. The standard InChI is InChI=1S/C23H24ClFN4O3/c1-10(2)15(26)9-32-21-11(3)19(25)18-17(22(21)31-4)13-8-27-29-23(13)28-20(18)12-5-6-16(30)14(24)7-12/h5-8,10,15,30H,9,26H2,1-4H3,(H,27,28,29)/t15-/m0/s1. The Morgan fingerprint density at radius 1 is 1.25 bits per heavy atom. The lowest BCUT2D eigenvalue weighted by Gasteiger charge is -2.21. The highest BCUT2D eigenvalue weighted by molar-refractivity contribution is 6.32. The summed E-state index contributed by atoms with van der Waals surface area (Å²) < 4.78 is 27.6. The van der Waals surface area contributed by atoms with E-state index >= 15 is 4.39 Å². The van der Waals surface area contributed by atoms with Crippen LogP contribution in [0.3, 0.4) is 0 Å². The summed E-state index contributed by atoms with van der Waals surface area (Å²) in [6.45, 7) is 5.82. The zero-order valence-corrected chi connectivity index (χ0v) is 18.9. The molecule has 0 unspecified atom stereocenters. The summed E-state index contributed by atoms with van der Waals surface area (Å²) in [7, 11) is 1.50. The third-order valence-electron chi connectivity index (χ3n) is 5.62. The first-order valence-electron chi connectivity index (χ1n) is 10.1. The number of methoxy groups -OCH3 is 1. The first kappa shape index (κ1) is 22.1. The minimum atomic E-state index is -0.497. The molecule has 1 atom stereocenters. The normalized spacial score (nSPS) is 12.6. The van der Waals surface area contributed by atoms with E-state index in [1.165, 1.54) is 19.2 Å². The molecular weight excluding hydrogens is 435 g/mol. The Morgan fingerprint density at radius 2 is 2.00 bits per heavy atom. The van der Waals surface area contributed by atoms with E-state index in [0.717, 1.165) is 0 Å². The zero-order valence-electron chi connectivity index (χ0n) is 18.2. The smallest absolute Gasteiger partial charge is 0.169 e. The van der Waals surface area contributed by atoms with Crippen LogP contribution in [0.5, 0.6) is 17.2 Å². The predicted molar refractivity (Wildman–Crippen MR) is 123 cm³/mol. The van der Waals surface area contributed by atoms with E-state index < -0.39 is 5.82 Å². The Bertz CT molecular complexity index is 1320. The lowest BCUT2D eigenvalue weighted by Crippen LogP contribution is -2.33. The van der Waals surface area contributed by atoms with Crippen LogP contribution in [0, 0.1) is 18.7 Å². The first-order valence-corrected chi connectivity index (χ1v) is 10.5. The number of rotatable bonds is 6. The van der Waals surface area contributed by atoms with Gasteiger partial charge in [0.15, 0.2) is 17.1 Å². The van der Waals surface area contributed by atoms with Crippen molar-refractivity contribution >= 4 is 33.4 Å². The van der Waals surface area contributed by atoms with E-state index in [1.54, 1.807) is 19.2 Å². The van der Waals surface area contributed by atoms with Crippen LogP contribution < -0.4 is 15.2 Å². The van der Waals surface area contributed by atoms with Gasteiger partial charge in [-0.05, 0) is 31.0 Å². The third kappa shape index (κ3) is 3.59. The van der Waals surface area contributed by atoms with Gasteiger partial charge in [-0.3, -0.25) is 5.10 Å². The average Bonchev–Trinajstić information content (AvgIpc) is 3.24.